The molecule has 19 heavy (non-hydrogen) atoms. The minimum atomic E-state index is -3.57. The Balaban J connectivity index is 2.46. The van der Waals surface area contributed by atoms with Crippen LogP contribution in [0.3, 0.4) is 0 Å². The van der Waals surface area contributed by atoms with Gasteiger partial charge in [-0.25, -0.2) is 8.42 Å². The zero-order valence-corrected chi connectivity index (χ0v) is 12.0. The summed E-state index contributed by atoms with van der Waals surface area (Å²) in [7, 11) is -3.57. The van der Waals surface area contributed by atoms with Crippen LogP contribution in [0.5, 0.6) is 0 Å². The van der Waals surface area contributed by atoms with Crippen molar-refractivity contribution < 1.29 is 8.42 Å². The van der Waals surface area contributed by atoms with Gasteiger partial charge in [-0.2, -0.15) is 4.31 Å². The van der Waals surface area contributed by atoms with Gasteiger partial charge in [0.25, 0.3) is 0 Å². The highest BCUT2D eigenvalue weighted by Gasteiger charge is 2.36. The standard InChI is InChI=1S/C12H20N4O2S/c1-9-4-3-5-10(2)16(9)19(17,18)12-8-14-7-6-11(12)15-13/h6-10H,3-5,13H2,1-2H3,(H,14,15). The number of anilines is 1. The van der Waals surface area contributed by atoms with Crippen molar-refractivity contribution in [1.29, 1.82) is 0 Å². The highest BCUT2D eigenvalue weighted by Crippen LogP contribution is 2.31. The first-order valence-corrected chi connectivity index (χ1v) is 7.86. The molecular weight excluding hydrogens is 264 g/mol. The summed E-state index contributed by atoms with van der Waals surface area (Å²) in [6.07, 6.45) is 5.68. The second-order valence-corrected chi connectivity index (χ2v) is 6.79. The van der Waals surface area contributed by atoms with Crippen molar-refractivity contribution in [3.63, 3.8) is 0 Å². The molecule has 1 aliphatic rings. The van der Waals surface area contributed by atoms with Crippen LogP contribution >= 0.6 is 0 Å². The second kappa shape index (κ2) is 5.44. The summed E-state index contributed by atoms with van der Waals surface area (Å²) in [5, 5.41) is 0. The van der Waals surface area contributed by atoms with Crippen LogP contribution in [0.15, 0.2) is 23.4 Å². The van der Waals surface area contributed by atoms with Crippen LogP contribution in [0.1, 0.15) is 33.1 Å². The lowest BCUT2D eigenvalue weighted by molar-refractivity contribution is 0.204. The van der Waals surface area contributed by atoms with E-state index in [9.17, 15) is 8.42 Å². The molecule has 3 N–H and O–H groups in total. The molecule has 1 saturated heterocycles. The minimum Gasteiger partial charge on any atom is -0.323 e. The van der Waals surface area contributed by atoms with Crippen LogP contribution in [-0.2, 0) is 10.0 Å². The summed E-state index contributed by atoms with van der Waals surface area (Å²) in [6.45, 7) is 3.89. The number of hydrogen-bond donors (Lipinski definition) is 2. The van der Waals surface area contributed by atoms with Crippen LogP contribution in [-0.4, -0.2) is 29.8 Å². The number of hydrogen-bond acceptors (Lipinski definition) is 5. The van der Waals surface area contributed by atoms with E-state index in [4.69, 9.17) is 5.84 Å². The van der Waals surface area contributed by atoms with Crippen molar-refractivity contribution in [2.75, 3.05) is 5.43 Å². The first-order valence-electron chi connectivity index (χ1n) is 6.42. The number of hydrazine groups is 1. The fourth-order valence-electron chi connectivity index (χ4n) is 2.69. The average molecular weight is 284 g/mol. The lowest BCUT2D eigenvalue weighted by Gasteiger charge is -2.37. The van der Waals surface area contributed by atoms with E-state index < -0.39 is 10.0 Å². The van der Waals surface area contributed by atoms with Crippen molar-refractivity contribution in [1.82, 2.24) is 9.29 Å². The Kier molecular flexibility index (Phi) is 4.07. The zero-order valence-electron chi connectivity index (χ0n) is 11.2. The monoisotopic (exact) mass is 284 g/mol. The van der Waals surface area contributed by atoms with Gasteiger partial charge in [-0.05, 0) is 32.8 Å². The number of nitrogens with zero attached hydrogens (tertiary/aromatic N) is 2. The van der Waals surface area contributed by atoms with Gasteiger partial charge in [0.15, 0.2) is 0 Å². The van der Waals surface area contributed by atoms with Gasteiger partial charge in [-0.3, -0.25) is 10.8 Å². The molecule has 2 unspecified atom stereocenters. The van der Waals surface area contributed by atoms with E-state index in [1.807, 2.05) is 13.8 Å². The fourth-order valence-corrected chi connectivity index (χ4v) is 4.67. The summed E-state index contributed by atoms with van der Waals surface area (Å²) in [5.41, 5.74) is 2.80. The van der Waals surface area contributed by atoms with E-state index in [0.29, 0.717) is 5.69 Å². The minimum absolute atomic E-state index is 0.000388. The van der Waals surface area contributed by atoms with Crippen LogP contribution in [0, 0.1) is 0 Å². The number of nitrogens with two attached hydrogens (primary N) is 1. The smallest absolute Gasteiger partial charge is 0.247 e. The maximum absolute atomic E-state index is 12.8. The quantitative estimate of drug-likeness (QED) is 0.645. The summed E-state index contributed by atoms with van der Waals surface area (Å²) < 4.78 is 27.1. The molecule has 0 spiro atoms. The summed E-state index contributed by atoms with van der Waals surface area (Å²) in [4.78, 5) is 4.04. The zero-order chi connectivity index (χ0) is 14.0. The lowest BCUT2D eigenvalue weighted by Crippen LogP contribution is -2.47. The Bertz CT molecular complexity index is 536. The molecule has 7 heteroatoms. The molecule has 0 saturated carbocycles. The highest BCUT2D eigenvalue weighted by atomic mass is 32.2. The third kappa shape index (κ3) is 2.58. The molecule has 1 aromatic heterocycles. The van der Waals surface area contributed by atoms with E-state index in [1.165, 1.54) is 12.4 Å². The van der Waals surface area contributed by atoms with Gasteiger partial charge in [0.05, 0.1) is 5.69 Å². The molecule has 106 valence electrons. The van der Waals surface area contributed by atoms with Crippen molar-refractivity contribution >= 4 is 15.7 Å². The van der Waals surface area contributed by atoms with Gasteiger partial charge in [0.1, 0.15) is 4.90 Å². The summed E-state index contributed by atoms with van der Waals surface area (Å²) in [6, 6.07) is 1.56. The predicted molar refractivity (Wildman–Crippen MR) is 73.8 cm³/mol. The van der Waals surface area contributed by atoms with Crippen LogP contribution in [0.2, 0.25) is 0 Å². The third-order valence-corrected chi connectivity index (χ3v) is 5.76. The normalized spacial score (nSPS) is 25.2. The topological polar surface area (TPSA) is 88.3 Å². The molecule has 0 amide bonds. The largest absolute Gasteiger partial charge is 0.323 e. The average Bonchev–Trinajstić information content (AvgIpc) is 2.38. The Morgan fingerprint density at radius 2 is 2.00 bits per heavy atom. The molecule has 2 heterocycles. The number of piperidine rings is 1. The van der Waals surface area contributed by atoms with Gasteiger partial charge in [-0.1, -0.05) is 6.42 Å². The van der Waals surface area contributed by atoms with Gasteiger partial charge < -0.3 is 5.43 Å². The third-order valence-electron chi connectivity index (χ3n) is 3.61. The van der Waals surface area contributed by atoms with Crippen molar-refractivity contribution in [2.45, 2.75) is 50.1 Å². The Hall–Kier alpha value is -1.18. The number of aromatic nitrogens is 1. The van der Waals surface area contributed by atoms with Crippen LogP contribution in [0.25, 0.3) is 0 Å². The number of nitrogen functional groups attached to an aromatic ring is 1. The predicted octanol–water partition coefficient (Wildman–Crippen LogP) is 1.32. The van der Waals surface area contributed by atoms with Gasteiger partial charge in [-0.15, -0.1) is 0 Å². The Morgan fingerprint density at radius 1 is 1.37 bits per heavy atom. The van der Waals surface area contributed by atoms with E-state index in [0.717, 1.165) is 19.3 Å². The molecule has 0 bridgehead atoms. The molecule has 1 aromatic rings. The van der Waals surface area contributed by atoms with E-state index in [2.05, 4.69) is 10.4 Å². The Morgan fingerprint density at radius 3 is 2.58 bits per heavy atom. The molecule has 0 aromatic carbocycles. The fraction of sp³-hybridized carbons (Fsp3) is 0.583. The molecule has 6 nitrogen and oxygen atoms in total. The number of pyridine rings is 1. The second-order valence-electron chi connectivity index (χ2n) is 4.98. The summed E-state index contributed by atoms with van der Waals surface area (Å²) in [5.74, 6) is 5.39. The molecular formula is C12H20N4O2S. The van der Waals surface area contributed by atoms with Gasteiger partial charge in [0.2, 0.25) is 10.0 Å². The van der Waals surface area contributed by atoms with E-state index >= 15 is 0 Å². The molecule has 2 atom stereocenters. The number of nitrogens with one attached hydrogen (secondary N) is 1. The van der Waals surface area contributed by atoms with Gasteiger partial charge >= 0.3 is 0 Å². The van der Waals surface area contributed by atoms with Crippen molar-refractivity contribution in [3.8, 4) is 0 Å². The summed E-state index contributed by atoms with van der Waals surface area (Å²) >= 11 is 0. The lowest BCUT2D eigenvalue weighted by atomic mass is 10.0. The molecule has 1 aliphatic heterocycles. The Labute approximate surface area is 114 Å². The van der Waals surface area contributed by atoms with Crippen molar-refractivity contribution in [2.24, 2.45) is 5.84 Å². The van der Waals surface area contributed by atoms with Crippen LogP contribution < -0.4 is 11.3 Å². The first kappa shape index (κ1) is 14.2. The van der Waals surface area contributed by atoms with Crippen LogP contribution in [0.4, 0.5) is 5.69 Å². The van der Waals surface area contributed by atoms with E-state index in [1.54, 1.807) is 10.4 Å². The number of rotatable bonds is 3. The first-order chi connectivity index (χ1) is 8.98. The van der Waals surface area contributed by atoms with Gasteiger partial charge in [0, 0.05) is 24.5 Å². The molecule has 0 aliphatic carbocycles. The van der Waals surface area contributed by atoms with E-state index in [-0.39, 0.29) is 17.0 Å². The maximum Gasteiger partial charge on any atom is 0.247 e. The molecule has 1 fully saturated rings. The highest BCUT2D eigenvalue weighted by molar-refractivity contribution is 7.89. The maximum atomic E-state index is 12.8. The molecule has 2 rings (SSSR count). The SMILES string of the molecule is CC1CCCC(C)N1S(=O)(=O)c1cnccc1NN. The number of sulfonamides is 1. The molecule has 0 radical (unpaired) electrons. The van der Waals surface area contributed by atoms with Crippen molar-refractivity contribution in [3.05, 3.63) is 18.5 Å².